The first-order valence-electron chi connectivity index (χ1n) is 8.66. The van der Waals surface area contributed by atoms with E-state index in [0.717, 1.165) is 18.9 Å². The van der Waals surface area contributed by atoms with Gasteiger partial charge < -0.3 is 15.2 Å². The third kappa shape index (κ3) is 5.25. The summed E-state index contributed by atoms with van der Waals surface area (Å²) in [5.41, 5.74) is 0.546. The van der Waals surface area contributed by atoms with Gasteiger partial charge in [-0.15, -0.1) is 0 Å². The molecule has 3 rings (SSSR count). The first-order chi connectivity index (χ1) is 12.0. The average molecular weight is 374 g/mol. The molecule has 0 spiro atoms. The quantitative estimate of drug-likeness (QED) is 0.433. The smallest absolute Gasteiger partial charge is 0.548 e. The maximum Gasteiger partial charge on any atom is 1.00 e. The number of hydrogen-bond donors (Lipinski definition) is 1. The molecule has 136 valence electrons. The Bertz CT molecular complexity index is 650. The number of carboxylic acid groups (broad SMARTS) is 1. The molecule has 8 heteroatoms. The van der Waals surface area contributed by atoms with E-state index in [9.17, 15) is 23.5 Å². The van der Waals surface area contributed by atoms with Gasteiger partial charge in [-0.25, -0.2) is 8.78 Å². The van der Waals surface area contributed by atoms with Crippen LogP contribution in [0.3, 0.4) is 0 Å². The summed E-state index contributed by atoms with van der Waals surface area (Å²) < 4.78 is 26.3. The van der Waals surface area contributed by atoms with Crippen molar-refractivity contribution >= 4 is 11.9 Å². The number of amides is 1. The SMILES string of the molecule is O=C([O-])C1CCC(C(=O)NCCCc2cc(F)cc(F)c2)N1C1CC1.[Na+]. The van der Waals surface area contributed by atoms with Gasteiger partial charge in [0, 0.05) is 18.7 Å². The zero-order valence-electron chi connectivity index (χ0n) is 14.8. The monoisotopic (exact) mass is 374 g/mol. The van der Waals surface area contributed by atoms with Crippen molar-refractivity contribution in [3.05, 3.63) is 35.4 Å². The van der Waals surface area contributed by atoms with E-state index in [4.69, 9.17) is 0 Å². The van der Waals surface area contributed by atoms with Gasteiger partial charge in [-0.3, -0.25) is 9.69 Å². The number of likely N-dealkylation sites (tertiary alicyclic amines) is 1. The Morgan fingerprint density at radius 1 is 1.08 bits per heavy atom. The molecule has 1 saturated carbocycles. The van der Waals surface area contributed by atoms with Gasteiger partial charge in [0.25, 0.3) is 0 Å². The number of nitrogens with zero attached hydrogens (tertiary/aromatic N) is 1. The van der Waals surface area contributed by atoms with Crippen molar-refractivity contribution < 1.29 is 53.0 Å². The number of aliphatic carboxylic acids is 1. The fraction of sp³-hybridized carbons (Fsp3) is 0.556. The van der Waals surface area contributed by atoms with Crippen LogP contribution < -0.4 is 40.0 Å². The third-order valence-electron chi connectivity index (χ3n) is 4.84. The number of aryl methyl sites for hydroxylation is 1. The van der Waals surface area contributed by atoms with Gasteiger partial charge in [0.15, 0.2) is 0 Å². The van der Waals surface area contributed by atoms with E-state index < -0.39 is 29.7 Å². The van der Waals surface area contributed by atoms with Gasteiger partial charge in [-0.2, -0.15) is 0 Å². The van der Waals surface area contributed by atoms with Crippen LogP contribution in [0.4, 0.5) is 8.78 Å². The first kappa shape index (κ1) is 21.3. The van der Waals surface area contributed by atoms with E-state index in [2.05, 4.69) is 5.32 Å². The van der Waals surface area contributed by atoms with Crippen molar-refractivity contribution in [2.24, 2.45) is 0 Å². The van der Waals surface area contributed by atoms with Crippen molar-refractivity contribution in [1.29, 1.82) is 0 Å². The summed E-state index contributed by atoms with van der Waals surface area (Å²) in [5, 5.41) is 14.1. The van der Waals surface area contributed by atoms with Crippen LogP contribution in [0, 0.1) is 11.6 Å². The van der Waals surface area contributed by atoms with Gasteiger partial charge in [0.05, 0.1) is 18.1 Å². The maximum atomic E-state index is 13.1. The zero-order chi connectivity index (χ0) is 18.0. The molecule has 1 aliphatic heterocycles. The summed E-state index contributed by atoms with van der Waals surface area (Å²) in [6.45, 7) is 0.377. The van der Waals surface area contributed by atoms with E-state index >= 15 is 0 Å². The molecule has 0 aromatic heterocycles. The van der Waals surface area contributed by atoms with Crippen LogP contribution >= 0.6 is 0 Å². The van der Waals surface area contributed by atoms with Crippen molar-refractivity contribution in [3.63, 3.8) is 0 Å². The topological polar surface area (TPSA) is 72.5 Å². The molecule has 2 fully saturated rings. The second-order valence-corrected chi connectivity index (χ2v) is 6.78. The summed E-state index contributed by atoms with van der Waals surface area (Å²) in [4.78, 5) is 25.4. The normalized spacial score (nSPS) is 22.7. The minimum atomic E-state index is -1.12. The molecule has 1 heterocycles. The Morgan fingerprint density at radius 3 is 2.27 bits per heavy atom. The van der Waals surface area contributed by atoms with Crippen LogP contribution in [0.1, 0.15) is 37.7 Å². The molecule has 1 saturated heterocycles. The molecular weight excluding hydrogens is 353 g/mol. The Labute approximate surface area is 173 Å². The molecule has 0 bridgehead atoms. The number of carboxylic acids is 1. The molecule has 2 aliphatic rings. The molecule has 1 aromatic rings. The predicted octanol–water partition coefficient (Wildman–Crippen LogP) is -2.24. The summed E-state index contributed by atoms with van der Waals surface area (Å²) >= 11 is 0. The van der Waals surface area contributed by atoms with Crippen molar-refractivity contribution in [3.8, 4) is 0 Å². The standard InChI is InChI=1S/C18H22F2N2O3.Na/c19-12-8-11(9-13(20)10-12)2-1-7-21-17(23)15-5-6-16(18(24)25)22(15)14-3-4-14;/h8-10,14-16H,1-7H2,(H,21,23)(H,24,25);/q;+1/p-1. The van der Waals surface area contributed by atoms with Gasteiger partial charge in [-0.05, 0) is 56.2 Å². The average Bonchev–Trinajstić information content (AvgIpc) is 3.28. The molecule has 1 aromatic carbocycles. The van der Waals surface area contributed by atoms with Crippen LogP contribution in [-0.2, 0) is 16.0 Å². The van der Waals surface area contributed by atoms with E-state index in [1.165, 1.54) is 12.1 Å². The number of hydrogen-bond acceptors (Lipinski definition) is 4. The second kappa shape index (κ2) is 9.26. The van der Waals surface area contributed by atoms with Crippen molar-refractivity contribution in [2.45, 2.75) is 56.7 Å². The van der Waals surface area contributed by atoms with Gasteiger partial charge in [-0.1, -0.05) is 0 Å². The Morgan fingerprint density at radius 2 is 1.69 bits per heavy atom. The van der Waals surface area contributed by atoms with Gasteiger partial charge in [0.1, 0.15) is 11.6 Å². The largest absolute Gasteiger partial charge is 1.00 e. The number of carbonyl (C=O) groups is 2. The van der Waals surface area contributed by atoms with E-state index in [-0.39, 0.29) is 41.5 Å². The summed E-state index contributed by atoms with van der Waals surface area (Å²) in [7, 11) is 0. The molecule has 1 aliphatic carbocycles. The van der Waals surface area contributed by atoms with E-state index in [1.54, 1.807) is 4.90 Å². The molecule has 2 atom stereocenters. The number of rotatable bonds is 7. The number of nitrogens with one attached hydrogen (secondary N) is 1. The number of halogens is 2. The minimum Gasteiger partial charge on any atom is -0.548 e. The number of benzene rings is 1. The molecule has 5 nitrogen and oxygen atoms in total. The minimum absolute atomic E-state index is 0. The van der Waals surface area contributed by atoms with Crippen LogP contribution in [0.25, 0.3) is 0 Å². The predicted molar refractivity (Wildman–Crippen MR) is 84.4 cm³/mol. The Kier molecular flexibility index (Phi) is 7.58. The molecule has 26 heavy (non-hydrogen) atoms. The summed E-state index contributed by atoms with van der Waals surface area (Å²) in [6.07, 6.45) is 3.77. The molecule has 0 radical (unpaired) electrons. The van der Waals surface area contributed by atoms with Gasteiger partial charge in [0.2, 0.25) is 5.91 Å². The number of carbonyl (C=O) groups excluding carboxylic acids is 2. The zero-order valence-corrected chi connectivity index (χ0v) is 16.8. The fourth-order valence-electron chi connectivity index (χ4n) is 3.60. The Hall–Kier alpha value is -1.02. The van der Waals surface area contributed by atoms with Crippen molar-refractivity contribution in [2.75, 3.05) is 6.54 Å². The third-order valence-corrected chi connectivity index (χ3v) is 4.84. The maximum absolute atomic E-state index is 13.1. The van der Waals surface area contributed by atoms with E-state index in [0.29, 0.717) is 37.8 Å². The summed E-state index contributed by atoms with van der Waals surface area (Å²) in [5.74, 6) is -2.52. The van der Waals surface area contributed by atoms with Crippen LogP contribution in [0.5, 0.6) is 0 Å². The second-order valence-electron chi connectivity index (χ2n) is 6.78. The van der Waals surface area contributed by atoms with E-state index in [1.807, 2.05) is 0 Å². The van der Waals surface area contributed by atoms with Crippen LogP contribution in [0.2, 0.25) is 0 Å². The van der Waals surface area contributed by atoms with Gasteiger partial charge >= 0.3 is 29.6 Å². The first-order valence-corrected chi connectivity index (χ1v) is 8.66. The summed E-state index contributed by atoms with van der Waals surface area (Å²) in [6, 6.07) is 2.44. The molecule has 1 amide bonds. The molecule has 1 N–H and O–H groups in total. The van der Waals surface area contributed by atoms with Crippen LogP contribution in [-0.4, -0.2) is 41.4 Å². The molecule has 2 unspecified atom stereocenters. The van der Waals surface area contributed by atoms with Crippen molar-refractivity contribution in [1.82, 2.24) is 10.2 Å². The Balaban J connectivity index is 0.00000243. The van der Waals surface area contributed by atoms with Crippen LogP contribution in [0.15, 0.2) is 18.2 Å². The molecular formula is C18H21F2N2NaO3. The fourth-order valence-corrected chi connectivity index (χ4v) is 3.60.